The number of aromatic nitrogens is 7. The van der Waals surface area contributed by atoms with Gasteiger partial charge in [-0.1, -0.05) is 192 Å². The van der Waals surface area contributed by atoms with E-state index in [4.69, 9.17) is 18.5 Å². The first kappa shape index (κ1) is 66.1. The smallest absolute Gasteiger partial charge is 0.200 e. The summed E-state index contributed by atoms with van der Waals surface area (Å²) in [4.78, 5) is 9.07. The second kappa shape index (κ2) is 22.1. The summed E-state index contributed by atoms with van der Waals surface area (Å²) >= 11 is 0. The number of hydrogen-bond acceptors (Lipinski definition) is 8. The van der Waals surface area contributed by atoms with Crippen LogP contribution in [0.1, 0.15) is 293 Å². The molecular formula is C62H111N7O3. The lowest BCUT2D eigenvalue weighted by Gasteiger charge is -2.22. The summed E-state index contributed by atoms with van der Waals surface area (Å²) in [5, 5.41) is 13.6. The van der Waals surface area contributed by atoms with Gasteiger partial charge >= 0.3 is 0 Å². The van der Waals surface area contributed by atoms with Crippen LogP contribution in [0.3, 0.4) is 0 Å². The molecule has 5 aromatic heterocycles. The van der Waals surface area contributed by atoms with Crippen LogP contribution in [-0.4, -0.2) is 34.7 Å². The molecule has 0 fully saturated rings. The van der Waals surface area contributed by atoms with Crippen LogP contribution in [0, 0.1) is 41.5 Å². The molecule has 0 aliphatic heterocycles. The summed E-state index contributed by atoms with van der Waals surface area (Å²) in [5.41, 5.74) is 12.8. The summed E-state index contributed by atoms with van der Waals surface area (Å²) in [6.45, 7) is 77.7. The van der Waals surface area contributed by atoms with Crippen molar-refractivity contribution in [3.8, 4) is 0 Å². The van der Waals surface area contributed by atoms with E-state index in [-0.39, 0.29) is 54.3 Å². The highest BCUT2D eigenvalue weighted by atomic mass is 16.5. The van der Waals surface area contributed by atoms with Crippen molar-refractivity contribution in [2.45, 2.75) is 304 Å². The van der Waals surface area contributed by atoms with Gasteiger partial charge in [0.15, 0.2) is 11.8 Å². The lowest BCUT2D eigenvalue weighted by molar-refractivity contribution is 0.318. The number of rotatable bonds is 0. The van der Waals surface area contributed by atoms with Crippen molar-refractivity contribution in [2.24, 2.45) is 7.05 Å². The maximum absolute atomic E-state index is 5.83. The van der Waals surface area contributed by atoms with E-state index < -0.39 is 0 Å². The van der Waals surface area contributed by atoms with E-state index >= 15 is 0 Å². The van der Waals surface area contributed by atoms with Gasteiger partial charge in [0, 0.05) is 72.7 Å². The quantitative estimate of drug-likeness (QED) is 0.151. The van der Waals surface area contributed by atoms with Crippen LogP contribution in [0.2, 0.25) is 0 Å². The molecule has 5 rings (SSSR count). The Morgan fingerprint density at radius 2 is 0.750 bits per heavy atom. The van der Waals surface area contributed by atoms with Crippen molar-refractivity contribution in [1.82, 2.24) is 34.7 Å². The summed E-state index contributed by atoms with van der Waals surface area (Å²) in [6.07, 6.45) is 0. The van der Waals surface area contributed by atoms with Crippen molar-refractivity contribution in [3.63, 3.8) is 0 Å². The van der Waals surface area contributed by atoms with Crippen molar-refractivity contribution < 1.29 is 13.4 Å². The number of oxazole rings is 2. The Kier molecular flexibility index (Phi) is 20.3. The van der Waals surface area contributed by atoms with E-state index in [0.29, 0.717) is 0 Å². The van der Waals surface area contributed by atoms with Crippen LogP contribution in [0.25, 0.3) is 0 Å². The minimum absolute atomic E-state index is 0.00569. The predicted molar refractivity (Wildman–Crippen MR) is 307 cm³/mol. The third-order valence-corrected chi connectivity index (χ3v) is 12.0. The van der Waals surface area contributed by atoms with Crippen LogP contribution in [0.5, 0.6) is 0 Å². The lowest BCUT2D eigenvalue weighted by Crippen LogP contribution is -2.25. The first-order chi connectivity index (χ1) is 31.5. The zero-order valence-electron chi connectivity index (χ0n) is 53.9. The molecule has 5 heterocycles. The van der Waals surface area contributed by atoms with Gasteiger partial charge in [-0.25, -0.2) is 9.97 Å². The minimum Gasteiger partial charge on any atom is -0.445 e. The summed E-state index contributed by atoms with van der Waals surface area (Å²) in [6, 6.07) is 0. The molecule has 0 aliphatic carbocycles. The molecule has 0 spiro atoms. The van der Waals surface area contributed by atoms with Crippen molar-refractivity contribution >= 4 is 0 Å². The zero-order valence-corrected chi connectivity index (χ0v) is 53.9. The molecule has 0 aromatic carbocycles. The fourth-order valence-electron chi connectivity index (χ4n) is 8.90. The monoisotopic (exact) mass is 1000 g/mol. The van der Waals surface area contributed by atoms with E-state index in [0.717, 1.165) is 46.1 Å². The molecule has 0 radical (unpaired) electrons. The molecule has 0 N–H and O–H groups in total. The van der Waals surface area contributed by atoms with Crippen LogP contribution < -0.4 is 0 Å². The second-order valence-corrected chi connectivity index (χ2v) is 30.7. The van der Waals surface area contributed by atoms with Gasteiger partial charge in [-0.3, -0.25) is 9.36 Å². The molecule has 0 aliphatic rings. The maximum atomic E-state index is 5.83. The lowest BCUT2D eigenvalue weighted by atomic mass is 9.84. The normalized spacial score (nSPS) is 13.3. The van der Waals surface area contributed by atoms with Crippen LogP contribution in [0.15, 0.2) is 13.4 Å². The highest BCUT2D eigenvalue weighted by Crippen LogP contribution is 2.36. The zero-order chi connectivity index (χ0) is 57.5. The molecular weight excluding hydrogens is 891 g/mol. The van der Waals surface area contributed by atoms with E-state index in [1.807, 2.05) is 25.6 Å². The molecule has 0 atom stereocenters. The number of nitrogens with zero attached hydrogens (tertiary/aromatic N) is 7. The van der Waals surface area contributed by atoms with Gasteiger partial charge in [-0.15, -0.1) is 0 Å². The maximum Gasteiger partial charge on any atom is 0.200 e. The molecule has 72 heavy (non-hydrogen) atoms. The Morgan fingerprint density at radius 1 is 0.361 bits per heavy atom. The largest absolute Gasteiger partial charge is 0.445 e. The van der Waals surface area contributed by atoms with E-state index in [2.05, 4.69) is 260 Å². The molecule has 412 valence electrons. The Morgan fingerprint density at radius 3 is 0.958 bits per heavy atom. The second-order valence-electron chi connectivity index (χ2n) is 30.7. The van der Waals surface area contributed by atoms with Gasteiger partial charge in [0.25, 0.3) is 0 Å². The van der Waals surface area contributed by atoms with Gasteiger partial charge in [-0.05, 0) is 73.4 Å². The highest BCUT2D eigenvalue weighted by molar-refractivity contribution is 5.34. The first-order valence-electron chi connectivity index (χ1n) is 26.5. The van der Waals surface area contributed by atoms with Crippen LogP contribution in [-0.2, 0) is 61.3 Å². The fourth-order valence-corrected chi connectivity index (χ4v) is 8.90. The topological polar surface area (TPSA) is 114 Å². The van der Waals surface area contributed by atoms with Crippen LogP contribution >= 0.6 is 0 Å². The summed E-state index contributed by atoms with van der Waals surface area (Å²) in [5.74, 6) is 4.62. The van der Waals surface area contributed by atoms with Crippen molar-refractivity contribution in [3.05, 3.63) is 85.6 Å². The molecule has 0 unspecified atom stereocenters. The SMILES string of the molecule is Cc1c(C(C)(C)C)nn(C(C)(C)C)c1C.Cc1c(C(C)(C)C)nn(C)c1C(C)(C)C.Cc1c(C(C)(C)C)noc1C(C)(C)C.Cc1nc(C(C)(C)C)oc1C(C)(C)C.Cc1oc(C(C)(C)C)nc1C(C)(C)C. The van der Waals surface area contributed by atoms with E-state index in [9.17, 15) is 0 Å². The fraction of sp³-hybridized carbons (Fsp3) is 0.758. The molecule has 0 amide bonds. The molecule has 5 aromatic rings. The summed E-state index contributed by atoms with van der Waals surface area (Å²) in [7, 11) is 2.04. The minimum atomic E-state index is -0.00569. The van der Waals surface area contributed by atoms with Crippen molar-refractivity contribution in [1.29, 1.82) is 0 Å². The van der Waals surface area contributed by atoms with E-state index in [1.54, 1.807) is 0 Å². The average molecular weight is 1000 g/mol. The average Bonchev–Trinajstić information content (AvgIpc) is 3.93. The third kappa shape index (κ3) is 17.9. The van der Waals surface area contributed by atoms with Gasteiger partial charge in [0.1, 0.15) is 17.3 Å². The molecule has 10 heteroatoms. The number of hydrogen-bond donors (Lipinski definition) is 0. The molecule has 0 saturated heterocycles. The summed E-state index contributed by atoms with van der Waals surface area (Å²) < 4.78 is 21.1. The highest BCUT2D eigenvalue weighted by Gasteiger charge is 2.32. The molecule has 10 nitrogen and oxygen atoms in total. The molecule has 0 bridgehead atoms. The third-order valence-electron chi connectivity index (χ3n) is 12.0. The van der Waals surface area contributed by atoms with Gasteiger partial charge in [-0.2, -0.15) is 10.2 Å². The first-order valence-corrected chi connectivity index (χ1v) is 26.5. The Balaban J connectivity index is 0.000000450. The van der Waals surface area contributed by atoms with Gasteiger partial charge in [0.05, 0.1) is 34.0 Å². The molecule has 0 saturated carbocycles. The van der Waals surface area contributed by atoms with Gasteiger partial charge < -0.3 is 13.4 Å². The standard InChI is InChI=1S/2C13H24N2.3C12H21NO/c1-9-10(12(2,3)4)14-15(8)11(9)13(5,6)7;1-9-10(2)15(13(6,7)8)14-11(9)12(3,4)5;1-8-9(11(2,3)4)13-10(14-8)12(5,6)7;1-8-9(11(2,3)4)14-10(13-8)12(5,6)7;1-8-9(11(2,3)4)13-14-10(8)12(5,6)7/h2*1-8H3;3*1-7H3. The number of aryl methyl sites for hydroxylation is 3. The van der Waals surface area contributed by atoms with E-state index in [1.165, 1.54) is 39.5 Å². The van der Waals surface area contributed by atoms with Crippen molar-refractivity contribution in [2.75, 3.05) is 0 Å². The Bertz CT molecular complexity index is 2340. The Hall–Kier alpha value is -3.95. The predicted octanol–water partition coefficient (Wildman–Crippen LogP) is 17.6. The van der Waals surface area contributed by atoms with Crippen LogP contribution in [0.4, 0.5) is 0 Å². The Labute approximate surface area is 442 Å². The van der Waals surface area contributed by atoms with Gasteiger partial charge in [0.2, 0.25) is 0 Å².